The number of nitrogens with zero attached hydrogens (tertiary/aromatic N) is 3. The summed E-state index contributed by atoms with van der Waals surface area (Å²) >= 11 is 0. The predicted molar refractivity (Wildman–Crippen MR) is 92.8 cm³/mol. The molecular weight excluding hydrogens is 290 g/mol. The fourth-order valence-corrected chi connectivity index (χ4v) is 3.04. The number of β-amino-alcohol motifs (C(OH)–C–C–N with tert-alkyl or cyclic N) is 1. The molecule has 5 nitrogen and oxygen atoms in total. The van der Waals surface area contributed by atoms with Gasteiger partial charge in [-0.1, -0.05) is 17.7 Å². The van der Waals surface area contributed by atoms with Crippen molar-refractivity contribution in [2.45, 2.75) is 20.0 Å². The molecule has 0 radical (unpaired) electrons. The molecule has 1 amide bonds. The van der Waals surface area contributed by atoms with E-state index in [4.69, 9.17) is 0 Å². The van der Waals surface area contributed by atoms with Crippen LogP contribution in [0.5, 0.6) is 0 Å². The third kappa shape index (κ3) is 5.03. The molecule has 2 rings (SSSR count). The molecule has 0 aromatic heterocycles. The number of aliphatic hydroxyl groups excluding tert-OH is 1. The molecule has 1 saturated heterocycles. The van der Waals surface area contributed by atoms with Crippen LogP contribution in [0.4, 0.5) is 0 Å². The molecule has 128 valence electrons. The SMILES string of the molecule is Cc1ccc(C(=O)N(C)CC(O)CN2CCN(C)CC2)c(C)c1. The Kier molecular flexibility index (Phi) is 6.16. The summed E-state index contributed by atoms with van der Waals surface area (Å²) in [6, 6.07) is 5.84. The quantitative estimate of drug-likeness (QED) is 0.879. The molecule has 1 aromatic carbocycles. The number of likely N-dealkylation sites (N-methyl/N-ethyl adjacent to an activating group) is 2. The molecule has 1 aliphatic rings. The van der Waals surface area contributed by atoms with Gasteiger partial charge in [0.05, 0.1) is 6.10 Å². The normalized spacial score (nSPS) is 18.0. The van der Waals surface area contributed by atoms with E-state index >= 15 is 0 Å². The molecule has 1 aliphatic heterocycles. The van der Waals surface area contributed by atoms with Crippen LogP contribution in [0.25, 0.3) is 0 Å². The molecule has 0 saturated carbocycles. The molecule has 1 aromatic rings. The zero-order valence-corrected chi connectivity index (χ0v) is 14.7. The van der Waals surface area contributed by atoms with Crippen LogP contribution in [0.3, 0.4) is 0 Å². The second-order valence-corrected chi connectivity index (χ2v) is 6.76. The maximum absolute atomic E-state index is 12.5. The number of carbonyl (C=O) groups excluding carboxylic acids is 1. The Bertz CT molecular complexity index is 539. The first-order valence-electron chi connectivity index (χ1n) is 8.28. The second kappa shape index (κ2) is 7.90. The number of benzene rings is 1. The molecule has 0 bridgehead atoms. The Morgan fingerprint density at radius 3 is 2.52 bits per heavy atom. The highest BCUT2D eigenvalue weighted by molar-refractivity contribution is 5.95. The van der Waals surface area contributed by atoms with Gasteiger partial charge in [0.25, 0.3) is 5.91 Å². The van der Waals surface area contributed by atoms with E-state index in [9.17, 15) is 9.90 Å². The Morgan fingerprint density at radius 1 is 1.26 bits per heavy atom. The van der Waals surface area contributed by atoms with Gasteiger partial charge in [-0.15, -0.1) is 0 Å². The minimum atomic E-state index is -0.516. The molecule has 23 heavy (non-hydrogen) atoms. The highest BCUT2D eigenvalue weighted by atomic mass is 16.3. The van der Waals surface area contributed by atoms with Crippen LogP contribution in [-0.4, -0.2) is 85.2 Å². The average Bonchev–Trinajstić information content (AvgIpc) is 2.49. The van der Waals surface area contributed by atoms with Crippen molar-refractivity contribution in [2.75, 3.05) is 53.4 Å². The maximum Gasteiger partial charge on any atom is 0.253 e. The van der Waals surface area contributed by atoms with Crippen LogP contribution in [0.1, 0.15) is 21.5 Å². The Hall–Kier alpha value is -1.43. The Labute approximate surface area is 139 Å². The first kappa shape index (κ1) is 17.9. The number of amides is 1. The number of hydrogen-bond donors (Lipinski definition) is 1. The van der Waals surface area contributed by atoms with E-state index in [0.717, 1.165) is 37.3 Å². The lowest BCUT2D eigenvalue weighted by atomic mass is 10.0. The van der Waals surface area contributed by atoms with Crippen molar-refractivity contribution < 1.29 is 9.90 Å². The summed E-state index contributed by atoms with van der Waals surface area (Å²) in [5.41, 5.74) is 2.84. The third-order valence-electron chi connectivity index (χ3n) is 4.51. The minimum Gasteiger partial charge on any atom is -0.390 e. The highest BCUT2D eigenvalue weighted by Gasteiger charge is 2.20. The summed E-state index contributed by atoms with van der Waals surface area (Å²) in [6.45, 7) is 8.97. The van der Waals surface area contributed by atoms with Crippen molar-refractivity contribution in [3.05, 3.63) is 34.9 Å². The predicted octanol–water partition coefficient (Wildman–Crippen LogP) is 0.984. The molecule has 1 atom stereocenters. The van der Waals surface area contributed by atoms with Crippen LogP contribution in [0, 0.1) is 13.8 Å². The van der Waals surface area contributed by atoms with Gasteiger partial charge in [-0.25, -0.2) is 0 Å². The van der Waals surface area contributed by atoms with Crippen molar-refractivity contribution >= 4 is 5.91 Å². The Balaban J connectivity index is 1.87. The largest absolute Gasteiger partial charge is 0.390 e. The summed E-state index contributed by atoms with van der Waals surface area (Å²) in [7, 11) is 3.87. The third-order valence-corrected chi connectivity index (χ3v) is 4.51. The zero-order valence-electron chi connectivity index (χ0n) is 14.7. The molecule has 1 unspecified atom stereocenters. The summed E-state index contributed by atoms with van der Waals surface area (Å²) < 4.78 is 0. The number of aliphatic hydroxyl groups is 1. The molecule has 1 heterocycles. The van der Waals surface area contributed by atoms with Crippen LogP contribution < -0.4 is 0 Å². The van der Waals surface area contributed by atoms with E-state index in [1.54, 1.807) is 11.9 Å². The summed E-state index contributed by atoms with van der Waals surface area (Å²) in [4.78, 5) is 18.7. The van der Waals surface area contributed by atoms with Gasteiger partial charge in [-0.3, -0.25) is 9.69 Å². The van der Waals surface area contributed by atoms with Gasteiger partial charge < -0.3 is 14.9 Å². The number of carbonyl (C=O) groups is 1. The van der Waals surface area contributed by atoms with E-state index in [1.165, 1.54) is 0 Å². The lowest BCUT2D eigenvalue weighted by Gasteiger charge is -2.34. The van der Waals surface area contributed by atoms with Crippen molar-refractivity contribution in [2.24, 2.45) is 0 Å². The van der Waals surface area contributed by atoms with Gasteiger partial charge >= 0.3 is 0 Å². The van der Waals surface area contributed by atoms with Crippen LogP contribution in [0.2, 0.25) is 0 Å². The van der Waals surface area contributed by atoms with Gasteiger partial charge in [0.15, 0.2) is 0 Å². The first-order valence-corrected chi connectivity index (χ1v) is 8.28. The van der Waals surface area contributed by atoms with Gasteiger partial charge in [0.1, 0.15) is 0 Å². The summed E-state index contributed by atoms with van der Waals surface area (Å²) in [5.74, 6) is -0.0278. The van der Waals surface area contributed by atoms with Gasteiger partial charge in [-0.05, 0) is 32.5 Å². The van der Waals surface area contributed by atoms with E-state index in [1.807, 2.05) is 32.0 Å². The minimum absolute atomic E-state index is 0.0278. The highest BCUT2D eigenvalue weighted by Crippen LogP contribution is 2.13. The lowest BCUT2D eigenvalue weighted by molar-refractivity contribution is 0.0501. The van der Waals surface area contributed by atoms with Crippen molar-refractivity contribution in [3.63, 3.8) is 0 Å². The number of hydrogen-bond acceptors (Lipinski definition) is 4. The topological polar surface area (TPSA) is 47.0 Å². The molecule has 1 N–H and O–H groups in total. The zero-order chi connectivity index (χ0) is 17.0. The summed E-state index contributed by atoms with van der Waals surface area (Å²) in [5, 5.41) is 10.3. The van der Waals surface area contributed by atoms with Crippen molar-refractivity contribution in [1.82, 2.24) is 14.7 Å². The van der Waals surface area contributed by atoms with Crippen molar-refractivity contribution in [3.8, 4) is 0 Å². The number of aryl methyl sites for hydroxylation is 2. The fraction of sp³-hybridized carbons (Fsp3) is 0.611. The van der Waals surface area contributed by atoms with E-state index in [2.05, 4.69) is 16.8 Å². The molecule has 0 aliphatic carbocycles. The molecule has 0 spiro atoms. The second-order valence-electron chi connectivity index (χ2n) is 6.76. The van der Waals surface area contributed by atoms with E-state index < -0.39 is 6.10 Å². The van der Waals surface area contributed by atoms with Gasteiger partial charge in [-0.2, -0.15) is 0 Å². The fourth-order valence-electron chi connectivity index (χ4n) is 3.04. The lowest BCUT2D eigenvalue weighted by Crippen LogP contribution is -2.49. The molecular formula is C18H29N3O2. The van der Waals surface area contributed by atoms with E-state index in [-0.39, 0.29) is 5.91 Å². The first-order chi connectivity index (χ1) is 10.9. The smallest absolute Gasteiger partial charge is 0.253 e. The van der Waals surface area contributed by atoms with E-state index in [0.29, 0.717) is 18.7 Å². The van der Waals surface area contributed by atoms with Crippen LogP contribution >= 0.6 is 0 Å². The average molecular weight is 319 g/mol. The van der Waals surface area contributed by atoms with Crippen LogP contribution in [-0.2, 0) is 0 Å². The number of rotatable bonds is 5. The summed E-state index contributed by atoms with van der Waals surface area (Å²) in [6.07, 6.45) is -0.516. The Morgan fingerprint density at radius 2 is 1.91 bits per heavy atom. The maximum atomic E-state index is 12.5. The standard InChI is InChI=1S/C18H29N3O2/c1-14-5-6-17(15(2)11-14)18(23)20(4)12-16(22)13-21-9-7-19(3)8-10-21/h5-6,11,16,22H,7-10,12-13H2,1-4H3. The monoisotopic (exact) mass is 319 g/mol. The molecule has 5 heteroatoms. The molecule has 1 fully saturated rings. The van der Waals surface area contributed by atoms with Gasteiger partial charge in [0.2, 0.25) is 0 Å². The van der Waals surface area contributed by atoms with Gasteiger partial charge in [0, 0.05) is 51.9 Å². The van der Waals surface area contributed by atoms with Crippen molar-refractivity contribution in [1.29, 1.82) is 0 Å². The number of piperazine rings is 1. The van der Waals surface area contributed by atoms with Crippen LogP contribution in [0.15, 0.2) is 18.2 Å².